The van der Waals surface area contributed by atoms with E-state index in [-0.39, 0.29) is 6.04 Å². The number of carbonyl (C=O) groups excluding carboxylic acids is 1. The minimum absolute atomic E-state index is 0.160. The van der Waals surface area contributed by atoms with E-state index < -0.39 is 0 Å². The summed E-state index contributed by atoms with van der Waals surface area (Å²) in [5.41, 5.74) is 3.70. The lowest BCUT2D eigenvalue weighted by atomic mass is 9.99. The molecule has 1 aliphatic rings. The lowest BCUT2D eigenvalue weighted by Gasteiger charge is -2.31. The van der Waals surface area contributed by atoms with Crippen LogP contribution in [-0.4, -0.2) is 42.0 Å². The van der Waals surface area contributed by atoms with E-state index >= 15 is 0 Å². The largest absolute Gasteiger partial charge is 0.329 e. The Morgan fingerprint density at radius 3 is 2.27 bits per heavy atom. The molecule has 3 nitrogen and oxygen atoms in total. The molecule has 0 aromatic heterocycles. The van der Waals surface area contributed by atoms with Crippen molar-refractivity contribution in [3.05, 3.63) is 72.8 Å². The number of carbonyl (C=O) groups is 1. The van der Waals surface area contributed by atoms with Crippen LogP contribution in [0.1, 0.15) is 24.8 Å². The standard InChI is InChI=1S/C23H28N2O/c1-2-8-23(25(19-26)18-24-15-6-7-16-24)17-20-11-13-22(14-12-20)21-9-4-3-5-10-21/h2-5,9-14,19,23H,1,6-8,15-18H2/t23-/m0/s1. The molecule has 1 fully saturated rings. The molecular formula is C23H28N2O. The van der Waals surface area contributed by atoms with Crippen molar-refractivity contribution in [1.29, 1.82) is 0 Å². The first kappa shape index (κ1) is 18.4. The van der Waals surface area contributed by atoms with Crippen molar-refractivity contribution in [2.24, 2.45) is 0 Å². The Kier molecular flexibility index (Phi) is 6.62. The van der Waals surface area contributed by atoms with E-state index in [1.165, 1.54) is 29.5 Å². The van der Waals surface area contributed by atoms with E-state index in [4.69, 9.17) is 0 Å². The molecule has 0 saturated carbocycles. The summed E-state index contributed by atoms with van der Waals surface area (Å²) in [4.78, 5) is 16.0. The number of amides is 1. The maximum Gasteiger partial charge on any atom is 0.211 e. The van der Waals surface area contributed by atoms with Gasteiger partial charge in [0.2, 0.25) is 6.41 Å². The van der Waals surface area contributed by atoms with Crippen LogP contribution in [0, 0.1) is 0 Å². The SMILES string of the molecule is C=CC[C@@H](Cc1ccc(-c2ccccc2)cc1)N(C=O)CN1CCCC1. The summed E-state index contributed by atoms with van der Waals surface area (Å²) in [5.74, 6) is 0. The topological polar surface area (TPSA) is 23.6 Å². The molecule has 26 heavy (non-hydrogen) atoms. The number of hydrogen-bond acceptors (Lipinski definition) is 2. The van der Waals surface area contributed by atoms with Crippen molar-refractivity contribution in [2.75, 3.05) is 19.8 Å². The predicted molar refractivity (Wildman–Crippen MR) is 108 cm³/mol. The molecule has 1 amide bonds. The van der Waals surface area contributed by atoms with Gasteiger partial charge in [0.25, 0.3) is 0 Å². The summed E-state index contributed by atoms with van der Waals surface area (Å²) in [6.45, 7) is 6.80. The summed E-state index contributed by atoms with van der Waals surface area (Å²) in [5, 5.41) is 0. The van der Waals surface area contributed by atoms with Gasteiger partial charge in [-0.2, -0.15) is 0 Å². The lowest BCUT2D eigenvalue weighted by molar-refractivity contribution is -0.122. The van der Waals surface area contributed by atoms with E-state index in [1.54, 1.807) is 0 Å². The molecule has 2 aromatic rings. The van der Waals surface area contributed by atoms with Gasteiger partial charge in [0.15, 0.2) is 0 Å². The second-order valence-corrected chi connectivity index (χ2v) is 7.03. The highest BCUT2D eigenvalue weighted by Gasteiger charge is 2.21. The van der Waals surface area contributed by atoms with Gasteiger partial charge in [0.05, 0.1) is 6.67 Å². The fourth-order valence-corrected chi connectivity index (χ4v) is 3.65. The zero-order valence-corrected chi connectivity index (χ0v) is 15.4. The maximum absolute atomic E-state index is 11.7. The van der Waals surface area contributed by atoms with Crippen LogP contribution in [0.4, 0.5) is 0 Å². The van der Waals surface area contributed by atoms with Crippen molar-refractivity contribution in [1.82, 2.24) is 9.80 Å². The molecule has 3 heteroatoms. The highest BCUT2D eigenvalue weighted by Crippen LogP contribution is 2.21. The van der Waals surface area contributed by atoms with Gasteiger partial charge < -0.3 is 4.90 Å². The number of benzene rings is 2. The molecule has 1 aliphatic heterocycles. The van der Waals surface area contributed by atoms with E-state index in [0.717, 1.165) is 39.0 Å². The van der Waals surface area contributed by atoms with Gasteiger partial charge in [-0.3, -0.25) is 9.69 Å². The molecule has 0 N–H and O–H groups in total. The minimum Gasteiger partial charge on any atom is -0.329 e. The number of likely N-dealkylation sites (tertiary alicyclic amines) is 1. The molecule has 0 bridgehead atoms. The Labute approximate surface area is 156 Å². The molecule has 0 radical (unpaired) electrons. The summed E-state index contributed by atoms with van der Waals surface area (Å²) < 4.78 is 0. The van der Waals surface area contributed by atoms with Crippen LogP contribution in [0.5, 0.6) is 0 Å². The van der Waals surface area contributed by atoms with Crippen LogP contribution in [0.2, 0.25) is 0 Å². The Bertz CT molecular complexity index is 690. The zero-order valence-electron chi connectivity index (χ0n) is 15.4. The zero-order chi connectivity index (χ0) is 18.2. The average molecular weight is 348 g/mol. The summed E-state index contributed by atoms with van der Waals surface area (Å²) in [6, 6.07) is 19.3. The number of hydrogen-bond donors (Lipinski definition) is 0. The second kappa shape index (κ2) is 9.35. The van der Waals surface area contributed by atoms with Crippen molar-refractivity contribution in [3.63, 3.8) is 0 Å². The van der Waals surface area contributed by atoms with Gasteiger partial charge in [-0.05, 0) is 55.5 Å². The Morgan fingerprint density at radius 2 is 1.65 bits per heavy atom. The fraction of sp³-hybridized carbons (Fsp3) is 0.348. The fourth-order valence-electron chi connectivity index (χ4n) is 3.65. The summed E-state index contributed by atoms with van der Waals surface area (Å²) in [7, 11) is 0. The Balaban J connectivity index is 1.68. The first-order valence-corrected chi connectivity index (χ1v) is 9.49. The maximum atomic E-state index is 11.7. The van der Waals surface area contributed by atoms with Crippen LogP contribution in [0.3, 0.4) is 0 Å². The first-order valence-electron chi connectivity index (χ1n) is 9.49. The average Bonchev–Trinajstić information content (AvgIpc) is 3.20. The Hall–Kier alpha value is -2.39. The van der Waals surface area contributed by atoms with Crippen LogP contribution < -0.4 is 0 Å². The summed E-state index contributed by atoms with van der Waals surface area (Å²) in [6.07, 6.45) is 7.06. The predicted octanol–water partition coefficient (Wildman–Crippen LogP) is 4.35. The van der Waals surface area contributed by atoms with Crippen LogP contribution in [0.15, 0.2) is 67.3 Å². The number of rotatable bonds is 9. The van der Waals surface area contributed by atoms with E-state index in [1.807, 2.05) is 17.0 Å². The third-order valence-corrected chi connectivity index (χ3v) is 5.14. The van der Waals surface area contributed by atoms with E-state index in [0.29, 0.717) is 0 Å². The first-order chi connectivity index (χ1) is 12.8. The number of nitrogens with zero attached hydrogens (tertiary/aromatic N) is 2. The van der Waals surface area contributed by atoms with Crippen molar-refractivity contribution in [2.45, 2.75) is 31.7 Å². The van der Waals surface area contributed by atoms with E-state index in [2.05, 4.69) is 60.0 Å². The third kappa shape index (κ3) is 4.83. The molecule has 2 aromatic carbocycles. The molecule has 1 heterocycles. The van der Waals surface area contributed by atoms with Gasteiger partial charge >= 0.3 is 0 Å². The monoisotopic (exact) mass is 348 g/mol. The van der Waals surface area contributed by atoms with Gasteiger partial charge in [-0.25, -0.2) is 0 Å². The molecule has 0 spiro atoms. The molecule has 136 valence electrons. The normalized spacial score (nSPS) is 15.5. The van der Waals surface area contributed by atoms with Crippen molar-refractivity contribution >= 4 is 6.41 Å². The van der Waals surface area contributed by atoms with Gasteiger partial charge in [0.1, 0.15) is 0 Å². The quantitative estimate of drug-likeness (QED) is 0.497. The highest BCUT2D eigenvalue weighted by molar-refractivity contribution is 5.63. The van der Waals surface area contributed by atoms with Crippen molar-refractivity contribution in [3.8, 4) is 11.1 Å². The van der Waals surface area contributed by atoms with Gasteiger partial charge in [-0.15, -0.1) is 6.58 Å². The van der Waals surface area contributed by atoms with Crippen LogP contribution >= 0.6 is 0 Å². The molecule has 1 saturated heterocycles. The highest BCUT2D eigenvalue weighted by atomic mass is 16.1. The molecule has 0 aliphatic carbocycles. The van der Waals surface area contributed by atoms with E-state index in [9.17, 15) is 4.79 Å². The van der Waals surface area contributed by atoms with Crippen LogP contribution in [-0.2, 0) is 11.2 Å². The van der Waals surface area contributed by atoms with Crippen LogP contribution in [0.25, 0.3) is 11.1 Å². The second-order valence-electron chi connectivity index (χ2n) is 7.03. The summed E-state index contributed by atoms with van der Waals surface area (Å²) >= 11 is 0. The molecular weight excluding hydrogens is 320 g/mol. The molecule has 3 rings (SSSR count). The van der Waals surface area contributed by atoms with Gasteiger partial charge in [0, 0.05) is 6.04 Å². The smallest absolute Gasteiger partial charge is 0.211 e. The van der Waals surface area contributed by atoms with Gasteiger partial charge in [-0.1, -0.05) is 60.7 Å². The minimum atomic E-state index is 0.160. The lowest BCUT2D eigenvalue weighted by Crippen LogP contribution is -2.43. The molecule has 0 unspecified atom stereocenters. The van der Waals surface area contributed by atoms with Crippen molar-refractivity contribution < 1.29 is 4.79 Å². The third-order valence-electron chi connectivity index (χ3n) is 5.14. The molecule has 1 atom stereocenters. The Morgan fingerprint density at radius 1 is 1.00 bits per heavy atom.